The minimum Gasteiger partial charge on any atom is -0.493 e. The number of rotatable bonds is 4. The third kappa shape index (κ3) is 7.08. The Balaban J connectivity index is 3.24. The van der Waals surface area contributed by atoms with Gasteiger partial charge >= 0.3 is 0 Å². The first-order valence-corrected chi connectivity index (χ1v) is 13.7. The smallest absolute Gasteiger partial charge is 0.131 e. The van der Waals surface area contributed by atoms with Crippen LogP contribution in [0.2, 0.25) is 0 Å². The van der Waals surface area contributed by atoms with E-state index in [9.17, 15) is 0 Å². The van der Waals surface area contributed by atoms with Crippen LogP contribution in [0, 0.1) is 0 Å². The summed E-state index contributed by atoms with van der Waals surface area (Å²) in [6, 6.07) is 9.43. The van der Waals surface area contributed by atoms with Crippen molar-refractivity contribution in [3.8, 4) is 22.6 Å². The lowest BCUT2D eigenvalue weighted by molar-refractivity contribution is 0.128. The van der Waals surface area contributed by atoms with Crippen LogP contribution in [0.1, 0.15) is 133 Å². The fourth-order valence-corrected chi connectivity index (χ4v) is 4.35. The van der Waals surface area contributed by atoms with Gasteiger partial charge in [-0.2, -0.15) is 0 Å². The lowest BCUT2D eigenvalue weighted by Gasteiger charge is -2.34. The first-order chi connectivity index (χ1) is 16.0. The van der Waals surface area contributed by atoms with E-state index in [1.54, 1.807) is 0 Å². The minimum atomic E-state index is -0.335. The molecule has 2 heteroatoms. The summed E-state index contributed by atoms with van der Waals surface area (Å²) in [5.74, 6) is 1.94. The van der Waals surface area contributed by atoms with Crippen molar-refractivity contribution in [2.24, 2.45) is 0 Å². The summed E-state index contributed by atoms with van der Waals surface area (Å²) >= 11 is 0. The molecule has 0 heterocycles. The van der Waals surface area contributed by atoms with Gasteiger partial charge in [-0.05, 0) is 72.6 Å². The molecule has 2 aromatic carbocycles. The lowest BCUT2D eigenvalue weighted by atomic mass is 9.75. The van der Waals surface area contributed by atoms with Gasteiger partial charge in [-0.1, -0.05) is 95.2 Å². The highest BCUT2D eigenvalue weighted by Gasteiger charge is 2.32. The third-order valence-electron chi connectivity index (χ3n) is 6.51. The van der Waals surface area contributed by atoms with Crippen LogP contribution in [0.25, 0.3) is 11.1 Å². The number of hydrogen-bond acceptors (Lipinski definition) is 2. The summed E-state index contributed by atoms with van der Waals surface area (Å²) in [7, 11) is 0. The van der Waals surface area contributed by atoms with Crippen LogP contribution < -0.4 is 9.47 Å². The summed E-state index contributed by atoms with van der Waals surface area (Å²) in [5.41, 5.74) is 6.86. The topological polar surface area (TPSA) is 18.5 Å². The molecule has 2 nitrogen and oxygen atoms in total. The normalized spacial score (nSPS) is 13.7. The molecule has 2 rings (SSSR count). The predicted molar refractivity (Wildman–Crippen MR) is 158 cm³/mol. The van der Waals surface area contributed by atoms with Crippen LogP contribution in [0.15, 0.2) is 24.3 Å². The van der Waals surface area contributed by atoms with Crippen molar-refractivity contribution >= 4 is 0 Å². The predicted octanol–water partition coefficient (Wildman–Crippen LogP) is 10.1. The Hall–Kier alpha value is -1.96. The summed E-state index contributed by atoms with van der Waals surface area (Å²) in [4.78, 5) is 0. The maximum Gasteiger partial charge on any atom is 0.131 e. The molecular weight excluding hydrogens is 440 g/mol. The van der Waals surface area contributed by atoms with E-state index in [4.69, 9.17) is 9.47 Å². The van der Waals surface area contributed by atoms with E-state index in [1.165, 1.54) is 22.3 Å². The number of hydrogen-bond donors (Lipinski definition) is 0. The maximum absolute atomic E-state index is 6.84. The minimum absolute atomic E-state index is 0.000955. The Morgan fingerprint density at radius 3 is 1.17 bits per heavy atom. The largest absolute Gasteiger partial charge is 0.493 e. The summed E-state index contributed by atoms with van der Waals surface area (Å²) in [6.07, 6.45) is 0. The SMILES string of the molecule is CCOc1c(-c2cc(C(C)(C)C)cc(C(C)(C)C)c2OC(C)(C)C)cc(C(C)(C)C)cc1C(C)(C)C. The van der Waals surface area contributed by atoms with Gasteiger partial charge in [-0.15, -0.1) is 0 Å². The molecule has 0 N–H and O–H groups in total. The van der Waals surface area contributed by atoms with E-state index >= 15 is 0 Å². The molecule has 36 heavy (non-hydrogen) atoms. The van der Waals surface area contributed by atoms with E-state index in [0.29, 0.717) is 6.61 Å². The maximum atomic E-state index is 6.84. The molecule has 0 radical (unpaired) electrons. The first kappa shape index (κ1) is 30.3. The molecule has 2 aromatic rings. The van der Waals surface area contributed by atoms with Gasteiger partial charge in [0.15, 0.2) is 0 Å². The average Bonchev–Trinajstić information content (AvgIpc) is 2.63. The molecule has 0 aliphatic heterocycles. The summed E-state index contributed by atoms with van der Waals surface area (Å²) < 4.78 is 13.3. The van der Waals surface area contributed by atoms with Crippen molar-refractivity contribution in [2.75, 3.05) is 6.61 Å². The molecule has 0 saturated heterocycles. The molecule has 0 unspecified atom stereocenters. The standard InChI is InChI=1S/C34H54O2/c1-17-35-28-24(18-22(30(2,3)4)20-26(28)32(8,9)10)25-19-23(31(5,6)7)21-27(33(11,12)13)29(25)36-34(14,15)16/h18-21H,17H2,1-16H3. The van der Waals surface area contributed by atoms with Crippen molar-refractivity contribution in [3.63, 3.8) is 0 Å². The van der Waals surface area contributed by atoms with Crippen molar-refractivity contribution in [2.45, 2.75) is 138 Å². The van der Waals surface area contributed by atoms with Crippen LogP contribution in [-0.4, -0.2) is 12.2 Å². The van der Waals surface area contributed by atoms with Crippen LogP contribution in [0.4, 0.5) is 0 Å². The molecule has 0 bridgehead atoms. The lowest BCUT2D eigenvalue weighted by Crippen LogP contribution is -2.27. The molecule has 0 atom stereocenters. The zero-order valence-corrected chi connectivity index (χ0v) is 26.3. The Kier molecular flexibility index (Phi) is 8.18. The fraction of sp³-hybridized carbons (Fsp3) is 0.647. The second kappa shape index (κ2) is 9.73. The average molecular weight is 495 g/mol. The second-order valence-electron chi connectivity index (χ2n) is 15.4. The Bertz CT molecular complexity index is 1070. The van der Waals surface area contributed by atoms with E-state index in [0.717, 1.165) is 22.6 Å². The van der Waals surface area contributed by atoms with Gasteiger partial charge in [-0.3, -0.25) is 0 Å². The van der Waals surface area contributed by atoms with E-state index in [2.05, 4.69) is 135 Å². The summed E-state index contributed by atoms with van der Waals surface area (Å²) in [6.45, 7) is 36.5. The first-order valence-electron chi connectivity index (χ1n) is 13.7. The molecule has 0 aromatic heterocycles. The molecule has 0 fully saturated rings. The van der Waals surface area contributed by atoms with Crippen molar-refractivity contribution in [1.82, 2.24) is 0 Å². The van der Waals surface area contributed by atoms with Crippen molar-refractivity contribution < 1.29 is 9.47 Å². The number of benzene rings is 2. The fourth-order valence-electron chi connectivity index (χ4n) is 4.35. The van der Waals surface area contributed by atoms with E-state index < -0.39 is 0 Å². The van der Waals surface area contributed by atoms with E-state index in [1.807, 2.05) is 0 Å². The molecule has 0 amide bonds. The van der Waals surface area contributed by atoms with Gasteiger partial charge in [0.1, 0.15) is 17.1 Å². The van der Waals surface area contributed by atoms with Crippen LogP contribution in [0.5, 0.6) is 11.5 Å². The highest BCUT2D eigenvalue weighted by Crippen LogP contribution is 2.49. The summed E-state index contributed by atoms with van der Waals surface area (Å²) in [5, 5.41) is 0. The van der Waals surface area contributed by atoms with Gasteiger partial charge in [-0.25, -0.2) is 0 Å². The Morgan fingerprint density at radius 2 is 0.861 bits per heavy atom. The van der Waals surface area contributed by atoms with Gasteiger partial charge in [0.25, 0.3) is 0 Å². The Morgan fingerprint density at radius 1 is 0.500 bits per heavy atom. The van der Waals surface area contributed by atoms with E-state index in [-0.39, 0.29) is 27.3 Å². The molecule has 0 saturated carbocycles. The van der Waals surface area contributed by atoms with Crippen molar-refractivity contribution in [1.29, 1.82) is 0 Å². The van der Waals surface area contributed by atoms with Gasteiger partial charge in [0.05, 0.1) is 6.61 Å². The molecule has 0 spiro atoms. The highest BCUT2D eigenvalue weighted by atomic mass is 16.5. The van der Waals surface area contributed by atoms with Gasteiger partial charge < -0.3 is 9.47 Å². The quantitative estimate of drug-likeness (QED) is 0.421. The van der Waals surface area contributed by atoms with Crippen LogP contribution in [-0.2, 0) is 21.7 Å². The van der Waals surface area contributed by atoms with Crippen LogP contribution in [0.3, 0.4) is 0 Å². The molecule has 202 valence electrons. The van der Waals surface area contributed by atoms with Crippen LogP contribution >= 0.6 is 0 Å². The van der Waals surface area contributed by atoms with Gasteiger partial charge in [0.2, 0.25) is 0 Å². The van der Waals surface area contributed by atoms with Gasteiger partial charge in [0, 0.05) is 22.3 Å². The highest BCUT2D eigenvalue weighted by molar-refractivity contribution is 5.81. The second-order valence-corrected chi connectivity index (χ2v) is 15.4. The zero-order valence-electron chi connectivity index (χ0n) is 26.3. The molecule has 0 aliphatic carbocycles. The van der Waals surface area contributed by atoms with Crippen molar-refractivity contribution in [3.05, 3.63) is 46.5 Å². The number of ether oxygens (including phenoxy) is 2. The monoisotopic (exact) mass is 494 g/mol. The molecule has 0 aliphatic rings. The Labute approximate surface area is 223 Å². The zero-order chi connectivity index (χ0) is 28.1. The molecular formula is C34H54O2. The third-order valence-corrected chi connectivity index (χ3v) is 6.51.